The van der Waals surface area contributed by atoms with E-state index in [4.69, 9.17) is 13.9 Å². The second kappa shape index (κ2) is 6.98. The first-order valence-corrected chi connectivity index (χ1v) is 7.89. The van der Waals surface area contributed by atoms with Gasteiger partial charge in [0.25, 0.3) is 0 Å². The molecule has 3 aromatic rings. The van der Waals surface area contributed by atoms with E-state index in [1.54, 1.807) is 12.1 Å². The van der Waals surface area contributed by atoms with Gasteiger partial charge in [0, 0.05) is 17.6 Å². The van der Waals surface area contributed by atoms with Gasteiger partial charge in [-0.3, -0.25) is 4.79 Å². The topological polar surface area (TPSA) is 65.7 Å². The maximum atomic E-state index is 12.7. The lowest BCUT2D eigenvalue weighted by Gasteiger charge is -2.06. The van der Waals surface area contributed by atoms with E-state index in [0.717, 1.165) is 10.0 Å². The summed E-state index contributed by atoms with van der Waals surface area (Å²) >= 11 is 3.36. The summed E-state index contributed by atoms with van der Waals surface area (Å²) < 4.78 is 16.3. The van der Waals surface area contributed by atoms with E-state index in [9.17, 15) is 9.59 Å². The molecule has 0 amide bonds. The van der Waals surface area contributed by atoms with Gasteiger partial charge in [-0.15, -0.1) is 0 Å². The van der Waals surface area contributed by atoms with Crippen LogP contribution in [0, 0.1) is 0 Å². The van der Waals surface area contributed by atoms with E-state index in [2.05, 4.69) is 15.9 Å². The van der Waals surface area contributed by atoms with Gasteiger partial charge in [-0.05, 0) is 29.8 Å². The average Bonchev–Trinajstić information content (AvgIpc) is 2.56. The van der Waals surface area contributed by atoms with Crippen LogP contribution in [0.5, 0.6) is 5.75 Å². The Bertz CT molecular complexity index is 944. The van der Waals surface area contributed by atoms with Crippen LogP contribution >= 0.6 is 15.9 Å². The van der Waals surface area contributed by atoms with Crippen LogP contribution in [0.25, 0.3) is 22.1 Å². The van der Waals surface area contributed by atoms with Gasteiger partial charge in [0.15, 0.2) is 5.43 Å². The Morgan fingerprint density at radius 1 is 1.17 bits per heavy atom. The van der Waals surface area contributed by atoms with Crippen molar-refractivity contribution in [1.82, 2.24) is 0 Å². The molecule has 0 saturated carbocycles. The first-order chi connectivity index (χ1) is 11.6. The van der Waals surface area contributed by atoms with Crippen LogP contribution in [0.15, 0.2) is 62.4 Å². The lowest BCUT2D eigenvalue weighted by molar-refractivity contribution is -0.138. The molecule has 0 spiro atoms. The SMILES string of the molecule is COCC(=O)Oc1ccc2c(=O)c(-c3ccc(Br)cc3)coc2c1. The van der Waals surface area contributed by atoms with E-state index in [-0.39, 0.29) is 12.0 Å². The summed E-state index contributed by atoms with van der Waals surface area (Å²) in [5, 5.41) is 0.418. The molecule has 1 heterocycles. The molecule has 6 heteroatoms. The zero-order valence-electron chi connectivity index (χ0n) is 12.7. The molecule has 0 aliphatic rings. The monoisotopic (exact) mass is 388 g/mol. The van der Waals surface area contributed by atoms with Crippen molar-refractivity contribution in [2.24, 2.45) is 0 Å². The zero-order chi connectivity index (χ0) is 17.1. The number of rotatable bonds is 4. The third kappa shape index (κ3) is 3.39. The minimum absolute atomic E-state index is 0.145. The lowest BCUT2D eigenvalue weighted by atomic mass is 10.1. The summed E-state index contributed by atoms with van der Waals surface area (Å²) in [6.07, 6.45) is 1.41. The molecule has 1 aromatic heterocycles. The maximum absolute atomic E-state index is 12.7. The van der Waals surface area contributed by atoms with Crippen molar-refractivity contribution in [3.05, 3.63) is 63.4 Å². The van der Waals surface area contributed by atoms with E-state index in [0.29, 0.717) is 22.3 Å². The summed E-state index contributed by atoms with van der Waals surface area (Å²) in [7, 11) is 1.41. The summed E-state index contributed by atoms with van der Waals surface area (Å²) in [4.78, 5) is 24.1. The van der Waals surface area contributed by atoms with E-state index in [1.165, 1.54) is 19.4 Å². The number of methoxy groups -OCH3 is 1. The third-order valence-electron chi connectivity index (χ3n) is 3.40. The van der Waals surface area contributed by atoms with Crippen molar-refractivity contribution in [2.75, 3.05) is 13.7 Å². The first kappa shape index (κ1) is 16.4. The highest BCUT2D eigenvalue weighted by Crippen LogP contribution is 2.24. The Morgan fingerprint density at radius 2 is 1.92 bits per heavy atom. The molecule has 3 rings (SSSR count). The van der Waals surface area contributed by atoms with Gasteiger partial charge < -0.3 is 13.9 Å². The molecular weight excluding hydrogens is 376 g/mol. The standard InChI is InChI=1S/C18H13BrO5/c1-22-10-17(20)24-13-6-7-14-16(8-13)23-9-15(18(14)21)11-2-4-12(19)5-3-11/h2-9H,10H2,1H3. The average molecular weight is 389 g/mol. The highest BCUT2D eigenvalue weighted by atomic mass is 79.9. The number of ether oxygens (including phenoxy) is 2. The van der Waals surface area contributed by atoms with Crippen LogP contribution in [0.3, 0.4) is 0 Å². The maximum Gasteiger partial charge on any atom is 0.337 e. The van der Waals surface area contributed by atoms with Gasteiger partial charge in [0.2, 0.25) is 0 Å². The second-order valence-electron chi connectivity index (χ2n) is 5.05. The van der Waals surface area contributed by atoms with Gasteiger partial charge >= 0.3 is 5.97 Å². The summed E-state index contributed by atoms with van der Waals surface area (Å²) in [5.41, 5.74) is 1.44. The van der Waals surface area contributed by atoms with Crippen LogP contribution in [-0.4, -0.2) is 19.7 Å². The first-order valence-electron chi connectivity index (χ1n) is 7.09. The Morgan fingerprint density at radius 3 is 2.62 bits per heavy atom. The summed E-state index contributed by atoms with van der Waals surface area (Å²) in [6.45, 7) is -0.148. The fourth-order valence-electron chi connectivity index (χ4n) is 2.28. The van der Waals surface area contributed by atoms with Crippen molar-refractivity contribution in [3.63, 3.8) is 0 Å². The van der Waals surface area contributed by atoms with Gasteiger partial charge in [-0.25, -0.2) is 4.79 Å². The number of hydrogen-bond acceptors (Lipinski definition) is 5. The van der Waals surface area contributed by atoms with Crippen molar-refractivity contribution in [3.8, 4) is 16.9 Å². The molecule has 0 radical (unpaired) electrons. The van der Waals surface area contributed by atoms with E-state index < -0.39 is 5.97 Å². The molecule has 5 nitrogen and oxygen atoms in total. The lowest BCUT2D eigenvalue weighted by Crippen LogP contribution is -2.14. The van der Waals surface area contributed by atoms with Gasteiger partial charge in [-0.1, -0.05) is 28.1 Å². The van der Waals surface area contributed by atoms with Gasteiger partial charge in [0.05, 0.1) is 10.9 Å². The number of carbonyl (C=O) groups is 1. The fourth-order valence-corrected chi connectivity index (χ4v) is 2.54. The molecule has 122 valence electrons. The van der Waals surface area contributed by atoms with Crippen LogP contribution in [0.1, 0.15) is 0 Å². The molecule has 0 N–H and O–H groups in total. The van der Waals surface area contributed by atoms with Crippen molar-refractivity contribution in [1.29, 1.82) is 0 Å². The Balaban J connectivity index is 1.99. The van der Waals surface area contributed by atoms with Crippen molar-refractivity contribution in [2.45, 2.75) is 0 Å². The molecule has 0 bridgehead atoms. The largest absolute Gasteiger partial charge is 0.463 e. The minimum Gasteiger partial charge on any atom is -0.463 e. The number of hydrogen-bond donors (Lipinski definition) is 0. The summed E-state index contributed by atoms with van der Waals surface area (Å²) in [6, 6.07) is 12.0. The smallest absolute Gasteiger partial charge is 0.337 e. The second-order valence-corrected chi connectivity index (χ2v) is 5.97. The Hall–Kier alpha value is -2.44. The Kier molecular flexibility index (Phi) is 4.78. The highest BCUT2D eigenvalue weighted by Gasteiger charge is 2.11. The van der Waals surface area contributed by atoms with E-state index >= 15 is 0 Å². The predicted molar refractivity (Wildman–Crippen MR) is 93.1 cm³/mol. The number of benzene rings is 2. The van der Waals surface area contributed by atoms with Crippen LogP contribution in [0.4, 0.5) is 0 Å². The molecule has 2 aromatic carbocycles. The Labute approximate surface area is 145 Å². The van der Waals surface area contributed by atoms with Crippen molar-refractivity contribution >= 4 is 32.9 Å². The van der Waals surface area contributed by atoms with Gasteiger partial charge in [0.1, 0.15) is 24.2 Å². The molecule has 0 unspecified atom stereocenters. The summed E-state index contributed by atoms with van der Waals surface area (Å²) in [5.74, 6) is -0.227. The van der Waals surface area contributed by atoms with Crippen molar-refractivity contribution < 1.29 is 18.7 Å². The number of fused-ring (bicyclic) bond motifs is 1. The molecule has 24 heavy (non-hydrogen) atoms. The highest BCUT2D eigenvalue weighted by molar-refractivity contribution is 9.10. The van der Waals surface area contributed by atoms with Crippen LogP contribution < -0.4 is 10.2 Å². The zero-order valence-corrected chi connectivity index (χ0v) is 14.3. The van der Waals surface area contributed by atoms with Crippen LogP contribution in [0.2, 0.25) is 0 Å². The quantitative estimate of drug-likeness (QED) is 0.502. The molecule has 0 aliphatic heterocycles. The number of halogens is 1. The number of esters is 1. The molecular formula is C18H13BrO5. The normalized spacial score (nSPS) is 10.8. The molecule has 0 fully saturated rings. The molecule has 0 aliphatic carbocycles. The molecule has 0 atom stereocenters. The van der Waals surface area contributed by atoms with Crippen LogP contribution in [-0.2, 0) is 9.53 Å². The predicted octanol–water partition coefficient (Wildman–Crippen LogP) is 3.77. The third-order valence-corrected chi connectivity index (χ3v) is 3.92. The fraction of sp³-hybridized carbons (Fsp3) is 0.111. The molecule has 0 saturated heterocycles. The number of carbonyl (C=O) groups excluding carboxylic acids is 1. The van der Waals surface area contributed by atoms with E-state index in [1.807, 2.05) is 24.3 Å². The van der Waals surface area contributed by atoms with Gasteiger partial charge in [-0.2, -0.15) is 0 Å². The minimum atomic E-state index is -0.523.